The Morgan fingerprint density at radius 3 is 2.50 bits per heavy atom. The first-order chi connectivity index (χ1) is 15.2. The van der Waals surface area contributed by atoms with Gasteiger partial charge in [0.25, 0.3) is 15.9 Å². The average molecular weight is 479 g/mol. The fourth-order valence-corrected chi connectivity index (χ4v) is 4.63. The molecule has 0 saturated carbocycles. The van der Waals surface area contributed by atoms with E-state index in [-0.39, 0.29) is 17.6 Å². The summed E-state index contributed by atoms with van der Waals surface area (Å²) in [6.07, 6.45) is 0.575. The van der Waals surface area contributed by atoms with E-state index in [1.54, 1.807) is 12.1 Å². The van der Waals surface area contributed by atoms with Crippen molar-refractivity contribution >= 4 is 33.2 Å². The molecule has 6 nitrogen and oxygen atoms in total. The van der Waals surface area contributed by atoms with Crippen LogP contribution < -0.4 is 14.8 Å². The number of amides is 1. The van der Waals surface area contributed by atoms with Crippen molar-refractivity contribution in [2.24, 2.45) is 0 Å². The van der Waals surface area contributed by atoms with Crippen molar-refractivity contribution in [1.82, 2.24) is 5.32 Å². The zero-order chi connectivity index (χ0) is 22.9. The van der Waals surface area contributed by atoms with E-state index in [1.165, 1.54) is 24.3 Å². The Morgan fingerprint density at radius 2 is 1.78 bits per heavy atom. The number of halogens is 3. The van der Waals surface area contributed by atoms with Crippen LogP contribution in [0.25, 0.3) is 0 Å². The van der Waals surface area contributed by atoms with Gasteiger partial charge in [-0.15, -0.1) is 0 Å². The monoisotopic (exact) mass is 478 g/mol. The van der Waals surface area contributed by atoms with Crippen LogP contribution in [0.4, 0.5) is 14.5 Å². The van der Waals surface area contributed by atoms with Crippen molar-refractivity contribution in [2.75, 3.05) is 11.3 Å². The van der Waals surface area contributed by atoms with Gasteiger partial charge in [0.05, 0.1) is 22.6 Å². The number of carbonyl (C=O) groups is 1. The Hall–Kier alpha value is -3.17. The lowest BCUT2D eigenvalue weighted by atomic mass is 10.00. The molecular weight excluding hydrogens is 462 g/mol. The van der Waals surface area contributed by atoms with Gasteiger partial charge in [0, 0.05) is 23.2 Å². The predicted octanol–water partition coefficient (Wildman–Crippen LogP) is 4.67. The third kappa shape index (κ3) is 4.53. The van der Waals surface area contributed by atoms with Gasteiger partial charge in [0.1, 0.15) is 5.75 Å². The first-order valence-corrected chi connectivity index (χ1v) is 11.4. The second-order valence-corrected chi connectivity index (χ2v) is 9.17. The van der Waals surface area contributed by atoms with Crippen molar-refractivity contribution < 1.29 is 26.7 Å². The molecule has 4 rings (SSSR count). The van der Waals surface area contributed by atoms with Crippen LogP contribution in [0.3, 0.4) is 0 Å². The molecule has 1 atom stereocenters. The molecule has 0 saturated heterocycles. The van der Waals surface area contributed by atoms with Crippen LogP contribution in [0.1, 0.15) is 28.4 Å². The molecule has 1 heterocycles. The number of fused-ring (bicyclic) bond motifs is 1. The lowest BCUT2D eigenvalue weighted by Crippen LogP contribution is -2.32. The van der Waals surface area contributed by atoms with E-state index in [9.17, 15) is 22.0 Å². The normalized spacial score (nSPS) is 15.4. The summed E-state index contributed by atoms with van der Waals surface area (Å²) in [5.74, 6) is -2.21. The quantitative estimate of drug-likeness (QED) is 0.558. The Kier molecular flexibility index (Phi) is 6.03. The largest absolute Gasteiger partial charge is 0.492 e. The van der Waals surface area contributed by atoms with Crippen LogP contribution in [-0.4, -0.2) is 20.9 Å². The molecule has 0 aliphatic carbocycles. The third-order valence-electron chi connectivity index (χ3n) is 4.93. The molecule has 0 radical (unpaired) electrons. The Labute approximate surface area is 188 Å². The highest BCUT2D eigenvalue weighted by Gasteiger charge is 2.25. The number of hydrogen-bond donors (Lipinski definition) is 2. The number of nitrogens with one attached hydrogen (secondary N) is 2. The van der Waals surface area contributed by atoms with Crippen LogP contribution in [0.15, 0.2) is 65.6 Å². The van der Waals surface area contributed by atoms with E-state index < -0.39 is 26.6 Å². The molecule has 1 unspecified atom stereocenters. The number of rotatable bonds is 5. The summed E-state index contributed by atoms with van der Waals surface area (Å²) in [4.78, 5) is 12.3. The molecule has 166 valence electrons. The number of para-hydroxylation sites is 1. The van der Waals surface area contributed by atoms with Gasteiger partial charge < -0.3 is 10.1 Å². The minimum absolute atomic E-state index is 0.162. The van der Waals surface area contributed by atoms with Crippen LogP contribution in [-0.2, 0) is 10.0 Å². The van der Waals surface area contributed by atoms with Gasteiger partial charge in [-0.3, -0.25) is 9.52 Å². The molecule has 0 aromatic heterocycles. The highest BCUT2D eigenvalue weighted by Crippen LogP contribution is 2.37. The van der Waals surface area contributed by atoms with E-state index in [0.29, 0.717) is 35.4 Å². The molecule has 1 aliphatic heterocycles. The third-order valence-corrected chi connectivity index (χ3v) is 6.61. The van der Waals surface area contributed by atoms with E-state index in [4.69, 9.17) is 16.3 Å². The molecule has 3 aromatic carbocycles. The summed E-state index contributed by atoms with van der Waals surface area (Å²) in [5, 5.41) is 3.40. The minimum Gasteiger partial charge on any atom is -0.492 e. The molecule has 10 heteroatoms. The number of anilines is 1. The molecule has 0 bridgehead atoms. The summed E-state index contributed by atoms with van der Waals surface area (Å²) < 4.78 is 59.1. The Balaban J connectivity index is 1.47. The minimum atomic E-state index is -4.13. The topological polar surface area (TPSA) is 84.5 Å². The van der Waals surface area contributed by atoms with Gasteiger partial charge in [-0.1, -0.05) is 23.7 Å². The number of benzene rings is 3. The highest BCUT2D eigenvalue weighted by atomic mass is 35.5. The van der Waals surface area contributed by atoms with E-state index in [2.05, 4.69) is 10.0 Å². The van der Waals surface area contributed by atoms with Gasteiger partial charge in [0.15, 0.2) is 11.6 Å². The number of sulfonamides is 1. The van der Waals surface area contributed by atoms with Crippen molar-refractivity contribution in [3.8, 4) is 5.75 Å². The molecule has 0 fully saturated rings. The molecule has 3 aromatic rings. The van der Waals surface area contributed by atoms with Crippen LogP contribution in [0.2, 0.25) is 5.02 Å². The highest BCUT2D eigenvalue weighted by molar-refractivity contribution is 7.92. The van der Waals surface area contributed by atoms with Crippen molar-refractivity contribution in [3.63, 3.8) is 0 Å². The number of ether oxygens (including phenoxy) is 1. The second kappa shape index (κ2) is 8.76. The average Bonchev–Trinajstić information content (AvgIpc) is 2.76. The van der Waals surface area contributed by atoms with Gasteiger partial charge in [0.2, 0.25) is 0 Å². The number of hydrogen-bond acceptors (Lipinski definition) is 4. The Morgan fingerprint density at radius 1 is 1.03 bits per heavy atom. The maximum atomic E-state index is 13.4. The summed E-state index contributed by atoms with van der Waals surface area (Å²) in [6, 6.07) is 13.1. The summed E-state index contributed by atoms with van der Waals surface area (Å²) in [7, 11) is -4.13. The molecular formula is C22H17ClF2N2O4S. The SMILES string of the molecule is O=C(NC1CCOc2c(Cl)cccc21)c1ccc(NS(=O)(=O)c2ccc(F)c(F)c2)cc1. The van der Waals surface area contributed by atoms with E-state index >= 15 is 0 Å². The van der Waals surface area contributed by atoms with E-state index in [1.807, 2.05) is 6.07 Å². The Bertz CT molecular complexity index is 1280. The maximum Gasteiger partial charge on any atom is 0.261 e. The van der Waals surface area contributed by atoms with Gasteiger partial charge in [-0.2, -0.15) is 0 Å². The lowest BCUT2D eigenvalue weighted by Gasteiger charge is -2.27. The second-order valence-electron chi connectivity index (χ2n) is 7.08. The van der Waals surface area contributed by atoms with Crippen LogP contribution >= 0.6 is 11.6 Å². The molecule has 32 heavy (non-hydrogen) atoms. The standard InChI is InChI=1S/C22H17ClF2N2O4S/c23-17-3-1-2-16-20(10-11-31-21(16)17)26-22(28)13-4-6-14(7-5-13)27-32(29,30)15-8-9-18(24)19(25)12-15/h1-9,12,20,27H,10-11H2,(H,26,28). The maximum absolute atomic E-state index is 13.4. The van der Waals surface area contributed by atoms with Crippen molar-refractivity contribution in [2.45, 2.75) is 17.4 Å². The van der Waals surface area contributed by atoms with Crippen molar-refractivity contribution in [1.29, 1.82) is 0 Å². The fourth-order valence-electron chi connectivity index (χ4n) is 3.33. The van der Waals surface area contributed by atoms with Gasteiger partial charge in [-0.05, 0) is 48.5 Å². The summed E-state index contributed by atoms with van der Waals surface area (Å²) in [5.41, 5.74) is 1.26. The first-order valence-electron chi connectivity index (χ1n) is 9.54. The van der Waals surface area contributed by atoms with Gasteiger partial charge >= 0.3 is 0 Å². The van der Waals surface area contributed by atoms with Crippen LogP contribution in [0, 0.1) is 11.6 Å². The summed E-state index contributed by atoms with van der Waals surface area (Å²) in [6.45, 7) is 0.409. The molecule has 2 N–H and O–H groups in total. The van der Waals surface area contributed by atoms with E-state index in [0.717, 1.165) is 17.7 Å². The smallest absolute Gasteiger partial charge is 0.261 e. The lowest BCUT2D eigenvalue weighted by molar-refractivity contribution is 0.0925. The molecule has 0 spiro atoms. The predicted molar refractivity (Wildman–Crippen MR) is 115 cm³/mol. The van der Waals surface area contributed by atoms with Gasteiger partial charge in [-0.25, -0.2) is 17.2 Å². The zero-order valence-corrected chi connectivity index (χ0v) is 18.0. The zero-order valence-electron chi connectivity index (χ0n) is 16.4. The number of carbonyl (C=O) groups excluding carboxylic acids is 1. The van der Waals surface area contributed by atoms with Crippen LogP contribution in [0.5, 0.6) is 5.75 Å². The molecule has 1 amide bonds. The molecule has 1 aliphatic rings. The first kappa shape index (κ1) is 22.0. The summed E-state index contributed by atoms with van der Waals surface area (Å²) >= 11 is 6.16. The van der Waals surface area contributed by atoms with Crippen molar-refractivity contribution in [3.05, 3.63) is 88.4 Å². The fraction of sp³-hybridized carbons (Fsp3) is 0.136.